The van der Waals surface area contributed by atoms with Crippen LogP contribution in [0.15, 0.2) is 12.2 Å². The average Bonchev–Trinajstić information content (AvgIpc) is 2.13. The molecule has 2 bridgehead atoms. The van der Waals surface area contributed by atoms with Crippen LogP contribution in [-0.2, 0) is 9.53 Å². The summed E-state index contributed by atoms with van der Waals surface area (Å²) in [5.74, 6) is 2.13. The van der Waals surface area contributed by atoms with Crippen LogP contribution in [-0.4, -0.2) is 11.6 Å². The molecule has 2 aliphatic rings. The molecule has 0 amide bonds. The van der Waals surface area contributed by atoms with Crippen molar-refractivity contribution in [1.29, 1.82) is 0 Å². The molecular weight excluding hydrogens is 212 g/mol. The molecule has 4 atom stereocenters. The zero-order chi connectivity index (χ0) is 12.6. The Balaban J connectivity index is 2.02. The van der Waals surface area contributed by atoms with E-state index < -0.39 is 0 Å². The van der Waals surface area contributed by atoms with E-state index in [-0.39, 0.29) is 11.6 Å². The molecule has 2 rings (SSSR count). The Hall–Kier alpha value is -0.790. The van der Waals surface area contributed by atoms with Crippen molar-refractivity contribution >= 4 is 5.97 Å². The van der Waals surface area contributed by atoms with Gasteiger partial charge in [-0.2, -0.15) is 0 Å². The van der Waals surface area contributed by atoms with Gasteiger partial charge in [0.15, 0.2) is 0 Å². The smallest absolute Gasteiger partial charge is 0.333 e. The molecule has 2 heteroatoms. The lowest BCUT2D eigenvalue weighted by atomic mass is 9.64. The second-order valence-electron chi connectivity index (χ2n) is 6.57. The van der Waals surface area contributed by atoms with E-state index in [1.54, 1.807) is 6.92 Å². The largest absolute Gasteiger partial charge is 0.456 e. The van der Waals surface area contributed by atoms with Crippen molar-refractivity contribution in [2.45, 2.75) is 58.5 Å². The number of ether oxygens (including phenoxy) is 1. The fourth-order valence-electron chi connectivity index (χ4n) is 3.93. The predicted molar refractivity (Wildman–Crippen MR) is 68.5 cm³/mol. The lowest BCUT2D eigenvalue weighted by Gasteiger charge is -2.46. The third-order valence-corrected chi connectivity index (χ3v) is 4.27. The average molecular weight is 236 g/mol. The number of carbonyl (C=O) groups excluding carboxylic acids is 1. The molecule has 96 valence electrons. The molecule has 0 aromatic heterocycles. The summed E-state index contributed by atoms with van der Waals surface area (Å²) in [6.07, 6.45) is 6.01. The van der Waals surface area contributed by atoms with Gasteiger partial charge in [-0.05, 0) is 63.7 Å². The van der Waals surface area contributed by atoms with Crippen molar-refractivity contribution in [2.24, 2.45) is 17.8 Å². The summed E-state index contributed by atoms with van der Waals surface area (Å²) in [4.78, 5) is 11.7. The molecule has 2 fully saturated rings. The minimum atomic E-state index is -0.246. The summed E-state index contributed by atoms with van der Waals surface area (Å²) in [5.41, 5.74) is 0.263. The van der Waals surface area contributed by atoms with Gasteiger partial charge < -0.3 is 4.74 Å². The molecule has 0 aromatic rings. The first-order valence-electron chi connectivity index (χ1n) is 6.77. The second-order valence-corrected chi connectivity index (χ2v) is 6.57. The van der Waals surface area contributed by atoms with Crippen molar-refractivity contribution in [1.82, 2.24) is 0 Å². The van der Waals surface area contributed by atoms with Crippen LogP contribution < -0.4 is 0 Å². The van der Waals surface area contributed by atoms with Crippen LogP contribution in [0.5, 0.6) is 0 Å². The van der Waals surface area contributed by atoms with Crippen LogP contribution in [0.1, 0.15) is 52.9 Å². The van der Waals surface area contributed by atoms with Gasteiger partial charge >= 0.3 is 5.97 Å². The minimum Gasteiger partial charge on any atom is -0.456 e. The maximum Gasteiger partial charge on any atom is 0.333 e. The van der Waals surface area contributed by atoms with Gasteiger partial charge in [0.1, 0.15) is 5.60 Å². The number of hydrogen-bond acceptors (Lipinski definition) is 2. The molecule has 2 nitrogen and oxygen atoms in total. The molecule has 0 N–H and O–H groups in total. The standard InChI is InChI=1S/C15H24O2/c1-10(2)14(16)17-15(4)8-12-5-11(3)6-13(7-12)9-15/h11-13H,1,5-9H2,2-4H3/t11?,12-,13?,15?/m1/s1. The van der Waals surface area contributed by atoms with Gasteiger partial charge in [0.25, 0.3) is 0 Å². The molecule has 0 aliphatic heterocycles. The first-order valence-corrected chi connectivity index (χ1v) is 6.77. The molecule has 0 radical (unpaired) electrons. The van der Waals surface area contributed by atoms with E-state index in [4.69, 9.17) is 4.74 Å². The predicted octanol–water partition coefficient (Wildman–Crippen LogP) is 3.71. The monoisotopic (exact) mass is 236 g/mol. The maximum atomic E-state index is 11.7. The molecule has 0 aromatic carbocycles. The summed E-state index contributed by atoms with van der Waals surface area (Å²) in [7, 11) is 0. The van der Waals surface area contributed by atoms with E-state index in [9.17, 15) is 4.79 Å². The first-order chi connectivity index (χ1) is 7.88. The van der Waals surface area contributed by atoms with E-state index in [2.05, 4.69) is 20.4 Å². The van der Waals surface area contributed by atoms with Crippen LogP contribution in [0.3, 0.4) is 0 Å². The van der Waals surface area contributed by atoms with Gasteiger partial charge in [-0.15, -0.1) is 0 Å². The van der Waals surface area contributed by atoms with Gasteiger partial charge in [-0.1, -0.05) is 13.5 Å². The summed E-state index contributed by atoms with van der Waals surface area (Å²) in [5, 5.41) is 0. The summed E-state index contributed by atoms with van der Waals surface area (Å²) < 4.78 is 5.67. The summed E-state index contributed by atoms with van der Waals surface area (Å²) >= 11 is 0. The SMILES string of the molecule is C=C(C)C(=O)OC1(C)CC2CC(C)C[C@H](C2)C1. The van der Waals surface area contributed by atoms with Gasteiger partial charge in [0.2, 0.25) is 0 Å². The normalized spacial score (nSPS) is 40.8. The lowest BCUT2D eigenvalue weighted by Crippen LogP contribution is -2.43. The van der Waals surface area contributed by atoms with Crippen molar-refractivity contribution in [3.63, 3.8) is 0 Å². The zero-order valence-electron chi connectivity index (χ0n) is 11.3. The maximum absolute atomic E-state index is 11.7. The van der Waals surface area contributed by atoms with Crippen LogP contribution >= 0.6 is 0 Å². The fourth-order valence-corrected chi connectivity index (χ4v) is 3.93. The molecule has 0 spiro atoms. The molecule has 0 saturated heterocycles. The van der Waals surface area contributed by atoms with E-state index >= 15 is 0 Å². The molecule has 17 heavy (non-hydrogen) atoms. The highest BCUT2D eigenvalue weighted by Gasteiger charge is 2.43. The molecular formula is C15H24O2. The number of esters is 1. The highest BCUT2D eigenvalue weighted by atomic mass is 16.6. The van der Waals surface area contributed by atoms with E-state index in [1.165, 1.54) is 19.3 Å². The lowest BCUT2D eigenvalue weighted by molar-refractivity contribution is -0.162. The Labute approximate surface area is 104 Å². The van der Waals surface area contributed by atoms with E-state index in [1.807, 2.05) is 0 Å². The molecule has 0 heterocycles. The van der Waals surface area contributed by atoms with Gasteiger partial charge in [0, 0.05) is 5.57 Å². The highest BCUT2D eigenvalue weighted by molar-refractivity contribution is 5.87. The third-order valence-electron chi connectivity index (χ3n) is 4.27. The first kappa shape index (κ1) is 12.7. The van der Waals surface area contributed by atoms with E-state index in [0.29, 0.717) is 5.57 Å². The van der Waals surface area contributed by atoms with Gasteiger partial charge in [-0.25, -0.2) is 4.79 Å². The highest BCUT2D eigenvalue weighted by Crippen LogP contribution is 2.47. The Morgan fingerprint density at radius 1 is 1.24 bits per heavy atom. The molecule has 3 unspecified atom stereocenters. The van der Waals surface area contributed by atoms with Crippen molar-refractivity contribution in [2.75, 3.05) is 0 Å². The van der Waals surface area contributed by atoms with Crippen molar-refractivity contribution in [3.8, 4) is 0 Å². The number of hydrogen-bond donors (Lipinski definition) is 0. The Bertz CT molecular complexity index is 314. The minimum absolute atomic E-state index is 0.222. The van der Waals surface area contributed by atoms with Crippen LogP contribution in [0.4, 0.5) is 0 Å². The van der Waals surface area contributed by atoms with Gasteiger partial charge in [-0.3, -0.25) is 0 Å². The van der Waals surface area contributed by atoms with Crippen molar-refractivity contribution in [3.05, 3.63) is 12.2 Å². The quantitative estimate of drug-likeness (QED) is 0.539. The van der Waals surface area contributed by atoms with Crippen LogP contribution in [0, 0.1) is 17.8 Å². The fraction of sp³-hybridized carbons (Fsp3) is 0.800. The van der Waals surface area contributed by atoms with Crippen LogP contribution in [0.25, 0.3) is 0 Å². The second kappa shape index (κ2) is 4.47. The molecule has 2 aliphatic carbocycles. The number of fused-ring (bicyclic) bond motifs is 2. The number of carbonyl (C=O) groups is 1. The zero-order valence-corrected chi connectivity index (χ0v) is 11.3. The summed E-state index contributed by atoms with van der Waals surface area (Å²) in [6.45, 7) is 9.83. The van der Waals surface area contributed by atoms with Gasteiger partial charge in [0.05, 0.1) is 0 Å². The van der Waals surface area contributed by atoms with E-state index in [0.717, 1.165) is 30.6 Å². The summed E-state index contributed by atoms with van der Waals surface area (Å²) in [6, 6.07) is 0. The number of rotatable bonds is 2. The van der Waals surface area contributed by atoms with Crippen LogP contribution in [0.2, 0.25) is 0 Å². The Morgan fingerprint density at radius 2 is 1.76 bits per heavy atom. The Kier molecular flexibility index (Phi) is 3.33. The third kappa shape index (κ3) is 2.91. The van der Waals surface area contributed by atoms with Crippen molar-refractivity contribution < 1.29 is 9.53 Å². The topological polar surface area (TPSA) is 26.3 Å². The molecule has 2 saturated carbocycles. The Morgan fingerprint density at radius 3 is 2.24 bits per heavy atom.